The number of fused-ring (bicyclic) bond motifs is 1. The molecule has 5 N–H and O–H groups in total. The van der Waals surface area contributed by atoms with E-state index in [1.165, 1.54) is 0 Å². The van der Waals surface area contributed by atoms with E-state index in [0.717, 1.165) is 16.5 Å². The fourth-order valence-corrected chi connectivity index (χ4v) is 3.73. The molecule has 1 aromatic carbocycles. The van der Waals surface area contributed by atoms with Crippen LogP contribution in [-0.4, -0.2) is 57.7 Å². The minimum atomic E-state index is -1.20. The number of aromatic nitrogens is 1. The summed E-state index contributed by atoms with van der Waals surface area (Å²) in [5.41, 5.74) is 0.886. The van der Waals surface area contributed by atoms with E-state index in [2.05, 4.69) is 20.9 Å². The first-order valence-corrected chi connectivity index (χ1v) is 12.1. The molecule has 10 nitrogen and oxygen atoms in total. The third-order valence-electron chi connectivity index (χ3n) is 5.58. The topological polar surface area (TPSA) is 150 Å². The molecule has 0 aliphatic carbocycles. The second-order valence-electron chi connectivity index (χ2n) is 10.6. The van der Waals surface area contributed by atoms with Crippen LogP contribution in [0.15, 0.2) is 30.5 Å². The van der Waals surface area contributed by atoms with Crippen molar-refractivity contribution in [3.05, 3.63) is 36.0 Å². The van der Waals surface area contributed by atoms with Gasteiger partial charge in [0.25, 0.3) is 0 Å². The van der Waals surface area contributed by atoms with Crippen molar-refractivity contribution in [3.63, 3.8) is 0 Å². The van der Waals surface area contributed by atoms with Gasteiger partial charge in [0.15, 0.2) is 0 Å². The summed E-state index contributed by atoms with van der Waals surface area (Å²) in [6.07, 6.45) is 1.05. The Kier molecular flexibility index (Phi) is 9.49. The zero-order chi connectivity index (χ0) is 27.2. The lowest BCUT2D eigenvalue weighted by Gasteiger charge is -2.28. The van der Waals surface area contributed by atoms with Gasteiger partial charge in [-0.05, 0) is 44.2 Å². The van der Waals surface area contributed by atoms with Crippen molar-refractivity contribution in [2.24, 2.45) is 11.8 Å². The number of aliphatic carboxylic acids is 1. The number of nitrogens with one attached hydrogen (secondary N) is 4. The molecule has 0 saturated heterocycles. The van der Waals surface area contributed by atoms with E-state index in [4.69, 9.17) is 4.74 Å². The van der Waals surface area contributed by atoms with Gasteiger partial charge in [0.2, 0.25) is 11.8 Å². The summed E-state index contributed by atoms with van der Waals surface area (Å²) in [7, 11) is 0. The zero-order valence-corrected chi connectivity index (χ0v) is 22.0. The molecule has 2 rings (SSSR count). The highest BCUT2D eigenvalue weighted by Crippen LogP contribution is 2.19. The smallest absolute Gasteiger partial charge is 0.408 e. The summed E-state index contributed by atoms with van der Waals surface area (Å²) < 4.78 is 5.25. The normalized spacial score (nSPS) is 14.2. The number of rotatable bonds is 10. The molecule has 1 heterocycles. The largest absolute Gasteiger partial charge is 0.480 e. The summed E-state index contributed by atoms with van der Waals surface area (Å²) in [6.45, 7) is 12.1. The second kappa shape index (κ2) is 11.9. The van der Waals surface area contributed by atoms with E-state index >= 15 is 0 Å². The Morgan fingerprint density at radius 3 is 2.03 bits per heavy atom. The number of alkyl carbamates (subject to hydrolysis) is 1. The van der Waals surface area contributed by atoms with Crippen molar-refractivity contribution in [3.8, 4) is 0 Å². The number of benzene rings is 1. The van der Waals surface area contributed by atoms with E-state index in [9.17, 15) is 24.3 Å². The number of aromatic amines is 1. The molecule has 0 aliphatic rings. The van der Waals surface area contributed by atoms with Gasteiger partial charge < -0.3 is 30.8 Å². The molecule has 0 spiro atoms. The Bertz CT molecular complexity index is 1090. The summed E-state index contributed by atoms with van der Waals surface area (Å²) in [5, 5.41) is 18.5. The van der Waals surface area contributed by atoms with E-state index in [1.54, 1.807) is 54.7 Å². The Labute approximate surface area is 211 Å². The maximum absolute atomic E-state index is 13.1. The van der Waals surface area contributed by atoms with Crippen LogP contribution >= 0.6 is 0 Å². The zero-order valence-electron chi connectivity index (χ0n) is 22.0. The highest BCUT2D eigenvalue weighted by atomic mass is 16.6. The van der Waals surface area contributed by atoms with Gasteiger partial charge in [0, 0.05) is 23.5 Å². The van der Waals surface area contributed by atoms with Crippen LogP contribution in [0.25, 0.3) is 10.9 Å². The Balaban J connectivity index is 2.13. The molecule has 0 saturated carbocycles. The number of hydrogen-bond donors (Lipinski definition) is 5. The van der Waals surface area contributed by atoms with Crippen molar-refractivity contribution in [1.29, 1.82) is 0 Å². The maximum atomic E-state index is 13.1. The van der Waals surface area contributed by atoms with E-state index in [-0.39, 0.29) is 18.3 Å². The fraction of sp³-hybridized carbons (Fsp3) is 0.538. The third kappa shape index (κ3) is 8.00. The lowest BCUT2D eigenvalue weighted by Crippen LogP contribution is -2.58. The first kappa shape index (κ1) is 28.7. The quantitative estimate of drug-likeness (QED) is 0.337. The number of ether oxygens (including phenoxy) is 1. The predicted octanol–water partition coefficient (Wildman–Crippen LogP) is 2.97. The van der Waals surface area contributed by atoms with Crippen LogP contribution in [0, 0.1) is 11.8 Å². The van der Waals surface area contributed by atoms with Crippen LogP contribution < -0.4 is 16.0 Å². The maximum Gasteiger partial charge on any atom is 0.408 e. The van der Waals surface area contributed by atoms with Crippen LogP contribution in [-0.2, 0) is 25.5 Å². The van der Waals surface area contributed by atoms with E-state index < -0.39 is 47.6 Å². The Morgan fingerprint density at radius 2 is 1.47 bits per heavy atom. The number of hydrogen-bond acceptors (Lipinski definition) is 5. The number of para-hydroxylation sites is 1. The highest BCUT2D eigenvalue weighted by molar-refractivity contribution is 5.93. The molecule has 1 aromatic heterocycles. The molecule has 0 radical (unpaired) electrons. The van der Waals surface area contributed by atoms with Crippen molar-refractivity contribution in [2.75, 3.05) is 0 Å². The summed E-state index contributed by atoms with van der Waals surface area (Å²) in [4.78, 5) is 53.5. The van der Waals surface area contributed by atoms with Gasteiger partial charge in [0.1, 0.15) is 23.7 Å². The molecular formula is C26H38N4O6. The van der Waals surface area contributed by atoms with Crippen LogP contribution in [0.4, 0.5) is 4.79 Å². The average molecular weight is 503 g/mol. The van der Waals surface area contributed by atoms with Crippen molar-refractivity contribution >= 4 is 34.8 Å². The summed E-state index contributed by atoms with van der Waals surface area (Å²) in [5.74, 6) is -3.00. The number of amides is 3. The highest BCUT2D eigenvalue weighted by Gasteiger charge is 2.33. The first-order valence-electron chi connectivity index (χ1n) is 12.1. The molecule has 36 heavy (non-hydrogen) atoms. The van der Waals surface area contributed by atoms with Gasteiger partial charge in [-0.25, -0.2) is 9.59 Å². The number of H-pyrrole nitrogens is 1. The van der Waals surface area contributed by atoms with Gasteiger partial charge >= 0.3 is 12.1 Å². The fourth-order valence-electron chi connectivity index (χ4n) is 3.73. The van der Waals surface area contributed by atoms with Crippen LogP contribution in [0.2, 0.25) is 0 Å². The minimum Gasteiger partial charge on any atom is -0.480 e. The molecule has 3 amide bonds. The number of carbonyl (C=O) groups is 4. The Hall–Kier alpha value is -3.56. The second-order valence-corrected chi connectivity index (χ2v) is 10.6. The van der Waals surface area contributed by atoms with Crippen LogP contribution in [0.5, 0.6) is 0 Å². The van der Waals surface area contributed by atoms with Crippen LogP contribution in [0.1, 0.15) is 54.0 Å². The van der Waals surface area contributed by atoms with Gasteiger partial charge in [0.05, 0.1) is 0 Å². The van der Waals surface area contributed by atoms with Gasteiger partial charge in [-0.3, -0.25) is 9.59 Å². The molecule has 3 atom stereocenters. The van der Waals surface area contributed by atoms with E-state index in [0.29, 0.717) is 0 Å². The number of carboxylic acids is 1. The molecule has 2 aromatic rings. The summed E-state index contributed by atoms with van der Waals surface area (Å²) in [6, 6.07) is 4.33. The Morgan fingerprint density at radius 1 is 0.917 bits per heavy atom. The average Bonchev–Trinajstić information content (AvgIpc) is 3.16. The molecule has 198 valence electrons. The van der Waals surface area contributed by atoms with Crippen molar-refractivity contribution < 1.29 is 29.0 Å². The van der Waals surface area contributed by atoms with Crippen molar-refractivity contribution in [2.45, 2.75) is 78.6 Å². The number of carboxylic acid groups (broad SMARTS) is 1. The summed E-state index contributed by atoms with van der Waals surface area (Å²) >= 11 is 0. The number of carbonyl (C=O) groups excluding carboxylic acids is 3. The van der Waals surface area contributed by atoms with Gasteiger partial charge in [-0.15, -0.1) is 0 Å². The SMILES string of the molecule is CC(C)[C@H](NC(=O)OC(C)(C)C)C(=O)N[C@H](C(=O)N[C@@H](Cc1c[nH]c2ccccc12)C(=O)O)C(C)C. The molecule has 10 heteroatoms. The van der Waals surface area contributed by atoms with Crippen molar-refractivity contribution in [1.82, 2.24) is 20.9 Å². The molecule has 0 fully saturated rings. The van der Waals surface area contributed by atoms with Crippen LogP contribution in [0.3, 0.4) is 0 Å². The monoisotopic (exact) mass is 502 g/mol. The standard InChI is InChI=1S/C26H38N4O6/c1-14(2)20(29-23(32)21(15(3)4)30-25(35)36-26(5,6)7)22(31)28-19(24(33)34)12-16-13-27-18-11-9-8-10-17(16)18/h8-11,13-15,19-21,27H,12H2,1-7H3,(H,28,31)(H,29,32)(H,30,35)(H,33,34)/t19-,20-,21-/m0/s1. The lowest BCUT2D eigenvalue weighted by atomic mass is 9.99. The van der Waals surface area contributed by atoms with E-state index in [1.807, 2.05) is 24.3 Å². The molecule has 0 aliphatic heterocycles. The van der Waals surface area contributed by atoms with Gasteiger partial charge in [-0.2, -0.15) is 0 Å². The first-order chi connectivity index (χ1) is 16.7. The predicted molar refractivity (Wildman–Crippen MR) is 136 cm³/mol. The molecule has 0 bridgehead atoms. The molecular weight excluding hydrogens is 464 g/mol. The van der Waals surface area contributed by atoms with Gasteiger partial charge in [-0.1, -0.05) is 45.9 Å². The third-order valence-corrected chi connectivity index (χ3v) is 5.58. The molecule has 0 unspecified atom stereocenters. The minimum absolute atomic E-state index is 0.0681. The lowest BCUT2D eigenvalue weighted by molar-refractivity contribution is -0.142.